The van der Waals surface area contributed by atoms with Crippen LogP contribution in [-0.2, 0) is 12.1 Å². The number of aromatic carboxylic acids is 1. The van der Waals surface area contributed by atoms with Crippen molar-refractivity contribution in [1.29, 1.82) is 5.26 Å². The van der Waals surface area contributed by atoms with Gasteiger partial charge >= 0.3 is 12.1 Å². The van der Waals surface area contributed by atoms with Gasteiger partial charge in [-0.3, -0.25) is 0 Å². The van der Waals surface area contributed by atoms with E-state index >= 15 is 0 Å². The molecule has 0 heterocycles. The van der Waals surface area contributed by atoms with Gasteiger partial charge < -0.3 is 5.11 Å². The number of hydrogen-bond acceptors (Lipinski definition) is 2. The van der Waals surface area contributed by atoms with Crippen molar-refractivity contribution in [1.82, 2.24) is 0 Å². The molecular weight excluding hydrogens is 259 g/mol. The minimum Gasteiger partial charge on any atom is -0.478 e. The molecule has 0 unspecified atom stereocenters. The first-order valence-corrected chi connectivity index (χ1v) is 4.78. The Balaban J connectivity index is 3.61. The van der Waals surface area contributed by atoms with Gasteiger partial charge in [-0.05, 0) is 17.7 Å². The number of alkyl halides is 4. The SMILES string of the molecule is N#Cc1cc(C(=O)O)cc(C(F)(F)F)c1CCl. The van der Waals surface area contributed by atoms with Gasteiger partial charge in [0, 0.05) is 5.88 Å². The fraction of sp³-hybridized carbons (Fsp3) is 0.200. The first kappa shape index (κ1) is 13.3. The molecule has 3 nitrogen and oxygen atoms in total. The molecule has 0 aliphatic carbocycles. The van der Waals surface area contributed by atoms with E-state index in [0.717, 1.165) is 6.07 Å². The summed E-state index contributed by atoms with van der Waals surface area (Å²) in [5, 5.41) is 17.3. The van der Waals surface area contributed by atoms with E-state index in [1.807, 2.05) is 0 Å². The van der Waals surface area contributed by atoms with E-state index in [1.165, 1.54) is 6.07 Å². The maximum Gasteiger partial charge on any atom is 0.416 e. The van der Waals surface area contributed by atoms with Gasteiger partial charge in [0.25, 0.3) is 0 Å². The van der Waals surface area contributed by atoms with E-state index in [-0.39, 0.29) is 5.56 Å². The summed E-state index contributed by atoms with van der Waals surface area (Å²) < 4.78 is 37.9. The molecule has 0 saturated carbocycles. The summed E-state index contributed by atoms with van der Waals surface area (Å²) in [6, 6.07) is 2.85. The van der Waals surface area contributed by atoms with Crippen molar-refractivity contribution in [3.8, 4) is 6.07 Å². The molecule has 0 spiro atoms. The van der Waals surface area contributed by atoms with Crippen molar-refractivity contribution in [2.45, 2.75) is 12.1 Å². The van der Waals surface area contributed by atoms with Crippen molar-refractivity contribution in [2.24, 2.45) is 0 Å². The lowest BCUT2D eigenvalue weighted by molar-refractivity contribution is -0.138. The summed E-state index contributed by atoms with van der Waals surface area (Å²) in [6.07, 6.45) is -4.75. The second kappa shape index (κ2) is 4.63. The zero-order chi connectivity index (χ0) is 13.2. The topological polar surface area (TPSA) is 61.1 Å². The van der Waals surface area contributed by atoms with Crippen LogP contribution in [0.1, 0.15) is 27.0 Å². The van der Waals surface area contributed by atoms with Gasteiger partial charge in [0.05, 0.1) is 22.8 Å². The molecule has 0 bridgehead atoms. The van der Waals surface area contributed by atoms with Crippen LogP contribution in [0.2, 0.25) is 0 Å². The minimum atomic E-state index is -4.75. The molecule has 0 radical (unpaired) electrons. The van der Waals surface area contributed by atoms with Crippen LogP contribution in [0.25, 0.3) is 0 Å². The zero-order valence-electron chi connectivity index (χ0n) is 8.18. The summed E-state index contributed by atoms with van der Waals surface area (Å²) in [6.45, 7) is 0. The van der Waals surface area contributed by atoms with E-state index in [9.17, 15) is 18.0 Å². The molecule has 0 atom stereocenters. The van der Waals surface area contributed by atoms with Crippen LogP contribution in [0.5, 0.6) is 0 Å². The summed E-state index contributed by atoms with van der Waals surface area (Å²) in [5.74, 6) is -2.05. The van der Waals surface area contributed by atoms with Gasteiger partial charge in [-0.2, -0.15) is 18.4 Å². The molecule has 1 N–H and O–H groups in total. The van der Waals surface area contributed by atoms with Crippen molar-refractivity contribution in [3.63, 3.8) is 0 Å². The second-order valence-electron chi connectivity index (χ2n) is 3.10. The molecule has 0 fully saturated rings. The number of carbonyl (C=O) groups is 1. The van der Waals surface area contributed by atoms with E-state index in [1.54, 1.807) is 0 Å². The molecule has 7 heteroatoms. The van der Waals surface area contributed by atoms with Crippen LogP contribution in [0, 0.1) is 11.3 Å². The Morgan fingerprint density at radius 1 is 1.47 bits per heavy atom. The van der Waals surface area contributed by atoms with Gasteiger partial charge in [0.1, 0.15) is 0 Å². The predicted molar refractivity (Wildman–Crippen MR) is 52.7 cm³/mol. The number of nitrogens with zero attached hydrogens (tertiary/aromatic N) is 1. The highest BCUT2D eigenvalue weighted by Gasteiger charge is 2.35. The van der Waals surface area contributed by atoms with E-state index in [4.69, 9.17) is 22.0 Å². The number of halogens is 4. The lowest BCUT2D eigenvalue weighted by Gasteiger charge is -2.13. The van der Waals surface area contributed by atoms with E-state index in [0.29, 0.717) is 6.07 Å². The molecule has 90 valence electrons. The largest absolute Gasteiger partial charge is 0.478 e. The zero-order valence-corrected chi connectivity index (χ0v) is 8.93. The van der Waals surface area contributed by atoms with Crippen molar-refractivity contribution in [2.75, 3.05) is 0 Å². The Morgan fingerprint density at radius 3 is 2.41 bits per heavy atom. The summed E-state index contributed by atoms with van der Waals surface area (Å²) in [5.41, 5.74) is -2.58. The third kappa shape index (κ3) is 2.68. The van der Waals surface area contributed by atoms with Gasteiger partial charge in [-0.25, -0.2) is 4.79 Å². The molecule has 0 amide bonds. The summed E-state index contributed by atoms with van der Waals surface area (Å²) >= 11 is 5.36. The molecule has 1 aromatic carbocycles. The van der Waals surface area contributed by atoms with Crippen molar-refractivity contribution < 1.29 is 23.1 Å². The Morgan fingerprint density at radius 2 is 2.06 bits per heavy atom. The molecule has 1 aromatic rings. The number of carboxylic acid groups (broad SMARTS) is 1. The standard InChI is InChI=1S/C10H5ClF3NO2/c11-3-7-6(4-15)1-5(9(16)17)2-8(7)10(12,13)14/h1-2H,3H2,(H,16,17). The first-order valence-electron chi connectivity index (χ1n) is 4.24. The molecule has 0 saturated heterocycles. The lowest BCUT2D eigenvalue weighted by atomic mass is 9.99. The predicted octanol–water partition coefficient (Wildman–Crippen LogP) is 3.01. The third-order valence-electron chi connectivity index (χ3n) is 2.06. The molecular formula is C10H5ClF3NO2. The Kier molecular flexibility index (Phi) is 3.63. The van der Waals surface area contributed by atoms with Crippen LogP contribution in [0.3, 0.4) is 0 Å². The van der Waals surface area contributed by atoms with Crippen LogP contribution >= 0.6 is 11.6 Å². The van der Waals surface area contributed by atoms with Gasteiger partial charge in [-0.15, -0.1) is 11.6 Å². The number of hydrogen-bond donors (Lipinski definition) is 1. The fourth-order valence-electron chi connectivity index (χ4n) is 1.29. The third-order valence-corrected chi connectivity index (χ3v) is 2.32. The fourth-order valence-corrected chi connectivity index (χ4v) is 1.58. The summed E-state index contributed by atoms with van der Waals surface area (Å²) in [4.78, 5) is 10.6. The monoisotopic (exact) mass is 263 g/mol. The van der Waals surface area contributed by atoms with Crippen molar-refractivity contribution >= 4 is 17.6 Å². The summed E-state index contributed by atoms with van der Waals surface area (Å²) in [7, 11) is 0. The van der Waals surface area contributed by atoms with Crippen LogP contribution < -0.4 is 0 Å². The highest BCUT2D eigenvalue weighted by molar-refractivity contribution is 6.17. The van der Waals surface area contributed by atoms with Crippen LogP contribution in [0.4, 0.5) is 13.2 Å². The Hall–Kier alpha value is -1.74. The highest BCUT2D eigenvalue weighted by atomic mass is 35.5. The molecule has 0 aromatic heterocycles. The lowest BCUT2D eigenvalue weighted by Crippen LogP contribution is -2.12. The smallest absolute Gasteiger partial charge is 0.416 e. The maximum absolute atomic E-state index is 12.6. The van der Waals surface area contributed by atoms with Crippen LogP contribution in [-0.4, -0.2) is 11.1 Å². The van der Waals surface area contributed by atoms with Gasteiger partial charge in [-0.1, -0.05) is 0 Å². The minimum absolute atomic E-state index is 0.382. The highest BCUT2D eigenvalue weighted by Crippen LogP contribution is 2.35. The average Bonchev–Trinajstić information content (AvgIpc) is 2.25. The molecule has 17 heavy (non-hydrogen) atoms. The van der Waals surface area contributed by atoms with Gasteiger partial charge in [0.15, 0.2) is 0 Å². The molecule has 1 rings (SSSR count). The molecule has 0 aliphatic rings. The number of carboxylic acids is 1. The van der Waals surface area contributed by atoms with E-state index < -0.39 is 34.7 Å². The molecule has 0 aliphatic heterocycles. The first-order chi connectivity index (χ1) is 7.81. The van der Waals surface area contributed by atoms with Crippen LogP contribution in [0.15, 0.2) is 12.1 Å². The van der Waals surface area contributed by atoms with E-state index in [2.05, 4.69) is 0 Å². The second-order valence-corrected chi connectivity index (χ2v) is 3.37. The van der Waals surface area contributed by atoms with Crippen molar-refractivity contribution in [3.05, 3.63) is 34.4 Å². The quantitative estimate of drug-likeness (QED) is 0.834. The normalized spacial score (nSPS) is 11.0. The number of rotatable bonds is 2. The number of nitriles is 1. The number of benzene rings is 1. The maximum atomic E-state index is 12.6. The van der Waals surface area contributed by atoms with Gasteiger partial charge in [0.2, 0.25) is 0 Å². The Labute approximate surface area is 99.0 Å². The average molecular weight is 264 g/mol. The Bertz CT molecular complexity index is 505.